The number of anilines is 1. The number of nitrogens with zero attached hydrogens (tertiary/aromatic N) is 1. The van der Waals surface area contributed by atoms with E-state index in [1.54, 1.807) is 0 Å². The first-order valence-electron chi connectivity index (χ1n) is 8.25. The maximum atomic E-state index is 12.6. The van der Waals surface area contributed by atoms with E-state index in [0.29, 0.717) is 16.3 Å². The van der Waals surface area contributed by atoms with Crippen LogP contribution in [0.25, 0.3) is 10.2 Å². The minimum atomic E-state index is -3.32. The summed E-state index contributed by atoms with van der Waals surface area (Å²) in [6.07, 6.45) is 6.36. The van der Waals surface area contributed by atoms with Crippen LogP contribution in [0.15, 0.2) is 10.3 Å². The maximum absolute atomic E-state index is 12.6. The lowest BCUT2D eigenvalue weighted by Crippen LogP contribution is -2.07. The zero-order chi connectivity index (χ0) is 17.0. The molecule has 0 radical (unpaired) electrons. The molecule has 0 fully saturated rings. The number of sulfone groups is 1. The second kappa shape index (κ2) is 7.62. The number of unbranched alkanes of at least 4 members (excludes halogenated alkanes) is 5. The highest BCUT2D eigenvalue weighted by Gasteiger charge is 2.23. The Hall–Kier alpha value is -1.14. The largest absolute Gasteiger partial charge is 0.396 e. The number of hydrogen-bond donors (Lipinski definition) is 1. The normalized spacial score (nSPS) is 12.1. The Morgan fingerprint density at radius 1 is 1.13 bits per heavy atom. The Morgan fingerprint density at radius 3 is 2.48 bits per heavy atom. The number of hydrogen-bond acceptors (Lipinski definition) is 5. The Morgan fingerprint density at radius 2 is 1.78 bits per heavy atom. The van der Waals surface area contributed by atoms with Gasteiger partial charge in [-0.2, -0.15) is 0 Å². The summed E-state index contributed by atoms with van der Waals surface area (Å²) in [6.45, 7) is 6.03. The van der Waals surface area contributed by atoms with Crippen molar-refractivity contribution in [1.82, 2.24) is 4.98 Å². The smallest absolute Gasteiger partial charge is 0.189 e. The van der Waals surface area contributed by atoms with Crippen molar-refractivity contribution in [2.45, 2.75) is 63.5 Å². The van der Waals surface area contributed by atoms with E-state index in [0.717, 1.165) is 34.3 Å². The van der Waals surface area contributed by atoms with Gasteiger partial charge in [0.25, 0.3) is 0 Å². The van der Waals surface area contributed by atoms with E-state index < -0.39 is 9.84 Å². The predicted octanol–water partition coefficient (Wildman–Crippen LogP) is 4.63. The third-order valence-corrected chi connectivity index (χ3v) is 7.56. The molecule has 0 aliphatic carbocycles. The molecular weight excluding hydrogens is 328 g/mol. The molecule has 0 spiro atoms. The highest BCUT2D eigenvalue weighted by Crippen LogP contribution is 2.38. The molecule has 6 heteroatoms. The molecule has 2 aromatic rings. The number of nitrogen functional groups attached to an aromatic ring is 1. The molecule has 0 aromatic carbocycles. The summed E-state index contributed by atoms with van der Waals surface area (Å²) in [5.74, 6) is 0.175. The van der Waals surface area contributed by atoms with E-state index in [-0.39, 0.29) is 5.75 Å². The zero-order valence-corrected chi connectivity index (χ0v) is 15.8. The first kappa shape index (κ1) is 18.2. The SMILES string of the molecule is CCCCCCCCS(=O)(=O)c1sc2nc(C)cc(C)c2c1N. The third-order valence-electron chi connectivity index (χ3n) is 4.04. The van der Waals surface area contributed by atoms with Gasteiger partial charge in [0.2, 0.25) is 0 Å². The average Bonchev–Trinajstić information content (AvgIpc) is 2.80. The van der Waals surface area contributed by atoms with Crippen molar-refractivity contribution in [3.63, 3.8) is 0 Å². The third kappa shape index (κ3) is 4.23. The van der Waals surface area contributed by atoms with Crippen LogP contribution in [0.1, 0.15) is 56.7 Å². The standard InChI is InChI=1S/C17H26N2O2S2/c1-4-5-6-7-8-9-10-23(20,21)17-15(18)14-12(2)11-13(3)19-16(14)22-17/h11H,4-10,18H2,1-3H3. The first-order valence-corrected chi connectivity index (χ1v) is 10.7. The van der Waals surface area contributed by atoms with Gasteiger partial charge in [-0.05, 0) is 31.9 Å². The van der Waals surface area contributed by atoms with E-state index in [4.69, 9.17) is 5.73 Å². The fraction of sp³-hybridized carbons (Fsp3) is 0.588. The summed E-state index contributed by atoms with van der Waals surface area (Å²) in [4.78, 5) is 5.16. The van der Waals surface area contributed by atoms with Gasteiger partial charge < -0.3 is 5.73 Å². The van der Waals surface area contributed by atoms with Crippen LogP contribution in [0.3, 0.4) is 0 Å². The molecule has 128 valence electrons. The van der Waals surface area contributed by atoms with Crippen LogP contribution >= 0.6 is 11.3 Å². The van der Waals surface area contributed by atoms with Crippen molar-refractivity contribution in [3.8, 4) is 0 Å². The van der Waals surface area contributed by atoms with Gasteiger partial charge in [-0.1, -0.05) is 39.0 Å². The van der Waals surface area contributed by atoms with Crippen LogP contribution in [0.4, 0.5) is 5.69 Å². The number of pyridine rings is 1. The lowest BCUT2D eigenvalue weighted by Gasteiger charge is -2.04. The fourth-order valence-corrected chi connectivity index (χ4v) is 6.00. The molecule has 2 heterocycles. The van der Waals surface area contributed by atoms with Gasteiger partial charge in [-0.15, -0.1) is 11.3 Å². The molecule has 2 rings (SSSR count). The minimum absolute atomic E-state index is 0.175. The lowest BCUT2D eigenvalue weighted by atomic mass is 10.1. The topological polar surface area (TPSA) is 73.0 Å². The predicted molar refractivity (Wildman–Crippen MR) is 98.9 cm³/mol. The highest BCUT2D eigenvalue weighted by atomic mass is 32.2. The molecule has 0 amide bonds. The molecule has 0 bridgehead atoms. The Kier molecular flexibility index (Phi) is 6.03. The van der Waals surface area contributed by atoms with Crippen LogP contribution in [0.2, 0.25) is 0 Å². The van der Waals surface area contributed by atoms with Gasteiger partial charge in [-0.25, -0.2) is 13.4 Å². The molecule has 2 N–H and O–H groups in total. The van der Waals surface area contributed by atoms with E-state index in [1.807, 2.05) is 19.9 Å². The van der Waals surface area contributed by atoms with Gasteiger partial charge >= 0.3 is 0 Å². The van der Waals surface area contributed by atoms with Crippen molar-refractivity contribution in [3.05, 3.63) is 17.3 Å². The molecule has 2 aromatic heterocycles. The van der Waals surface area contributed by atoms with Crippen LogP contribution < -0.4 is 5.73 Å². The van der Waals surface area contributed by atoms with Gasteiger partial charge in [0.1, 0.15) is 9.04 Å². The van der Waals surface area contributed by atoms with E-state index in [2.05, 4.69) is 11.9 Å². The van der Waals surface area contributed by atoms with Crippen molar-refractivity contribution in [2.75, 3.05) is 11.5 Å². The molecule has 0 aliphatic heterocycles. The molecule has 0 saturated carbocycles. The number of fused-ring (bicyclic) bond motifs is 1. The molecular formula is C17H26N2O2S2. The van der Waals surface area contributed by atoms with E-state index >= 15 is 0 Å². The number of aryl methyl sites for hydroxylation is 2. The van der Waals surface area contributed by atoms with Crippen LogP contribution in [0, 0.1) is 13.8 Å². The monoisotopic (exact) mass is 354 g/mol. The summed E-state index contributed by atoms with van der Waals surface area (Å²) in [7, 11) is -3.32. The number of rotatable bonds is 8. The van der Waals surface area contributed by atoms with Crippen molar-refractivity contribution in [2.24, 2.45) is 0 Å². The fourth-order valence-electron chi connectivity index (χ4n) is 2.84. The molecule has 0 saturated heterocycles. The summed E-state index contributed by atoms with van der Waals surface area (Å²) in [5, 5.41) is 0.794. The highest BCUT2D eigenvalue weighted by molar-refractivity contribution is 7.93. The molecule has 23 heavy (non-hydrogen) atoms. The van der Waals surface area contributed by atoms with Crippen molar-refractivity contribution >= 4 is 37.1 Å². The number of aromatic nitrogens is 1. The summed E-state index contributed by atoms with van der Waals surface area (Å²) < 4.78 is 25.5. The molecule has 0 unspecified atom stereocenters. The summed E-state index contributed by atoms with van der Waals surface area (Å²) in [6, 6.07) is 1.94. The van der Waals surface area contributed by atoms with Crippen LogP contribution in [0.5, 0.6) is 0 Å². The Bertz CT molecular complexity index is 779. The quantitative estimate of drug-likeness (QED) is 0.701. The number of nitrogens with two attached hydrogens (primary N) is 1. The second-order valence-corrected chi connectivity index (χ2v) is 9.45. The zero-order valence-electron chi connectivity index (χ0n) is 14.2. The minimum Gasteiger partial charge on any atom is -0.396 e. The summed E-state index contributed by atoms with van der Waals surface area (Å²) >= 11 is 1.21. The first-order chi connectivity index (χ1) is 10.9. The van der Waals surface area contributed by atoms with Crippen molar-refractivity contribution in [1.29, 1.82) is 0 Å². The van der Waals surface area contributed by atoms with Crippen LogP contribution in [-0.2, 0) is 9.84 Å². The van der Waals surface area contributed by atoms with Gasteiger partial charge in [0, 0.05) is 11.1 Å². The van der Waals surface area contributed by atoms with Gasteiger partial charge in [-0.3, -0.25) is 0 Å². The summed E-state index contributed by atoms with van der Waals surface area (Å²) in [5.41, 5.74) is 8.39. The van der Waals surface area contributed by atoms with E-state index in [1.165, 1.54) is 30.6 Å². The Labute approximate surface area is 143 Å². The van der Waals surface area contributed by atoms with E-state index in [9.17, 15) is 8.42 Å². The second-order valence-electron chi connectivity index (χ2n) is 6.15. The van der Waals surface area contributed by atoms with Crippen molar-refractivity contribution < 1.29 is 8.42 Å². The van der Waals surface area contributed by atoms with Gasteiger partial charge in [0.15, 0.2) is 9.84 Å². The lowest BCUT2D eigenvalue weighted by molar-refractivity contribution is 0.585. The average molecular weight is 355 g/mol. The maximum Gasteiger partial charge on any atom is 0.189 e. The van der Waals surface area contributed by atoms with Crippen LogP contribution in [-0.4, -0.2) is 19.2 Å². The van der Waals surface area contributed by atoms with Gasteiger partial charge in [0.05, 0.1) is 11.4 Å². The number of thiophene rings is 1. The molecule has 0 aliphatic rings. The molecule has 4 nitrogen and oxygen atoms in total. The molecule has 0 atom stereocenters. The Balaban J connectivity index is 2.15.